The molecule has 0 aliphatic heterocycles. The molecule has 0 saturated heterocycles. The number of alkyl halides is 3. The number of hydrogen-bond donors (Lipinski definition) is 1. The van der Waals surface area contributed by atoms with Gasteiger partial charge in [-0.3, -0.25) is 4.79 Å². The Morgan fingerprint density at radius 1 is 1.21 bits per heavy atom. The summed E-state index contributed by atoms with van der Waals surface area (Å²) in [6.07, 6.45) is -3.65. The normalized spacial score (nSPS) is 11.5. The first-order chi connectivity index (χ1) is 13.7. The molecule has 0 spiro atoms. The fourth-order valence-electron chi connectivity index (χ4n) is 2.28. The van der Waals surface area contributed by atoms with Gasteiger partial charge in [-0.25, -0.2) is 9.97 Å². The van der Waals surface area contributed by atoms with Gasteiger partial charge in [0.1, 0.15) is 0 Å². The molecule has 0 fully saturated rings. The Labute approximate surface area is 178 Å². The molecule has 2 aromatic heterocycles. The molecule has 0 saturated carbocycles. The molecule has 4 nitrogen and oxygen atoms in total. The molecular weight excluding hydrogens is 439 g/mol. The SMILES string of the molecule is Cc1csc(Sc2ccc(NC(=O)CSc3ccc(C(F)(F)F)cn3)c(C)c2)n1. The van der Waals surface area contributed by atoms with Crippen molar-refractivity contribution in [3.63, 3.8) is 0 Å². The number of carbonyl (C=O) groups is 1. The zero-order chi connectivity index (χ0) is 21.0. The largest absolute Gasteiger partial charge is 0.417 e. The van der Waals surface area contributed by atoms with Gasteiger partial charge in [0, 0.05) is 27.9 Å². The molecule has 2 heterocycles. The summed E-state index contributed by atoms with van der Waals surface area (Å²) in [6.45, 7) is 3.85. The van der Waals surface area contributed by atoms with Gasteiger partial charge in [-0.05, 0) is 49.7 Å². The summed E-state index contributed by atoms with van der Waals surface area (Å²) >= 11 is 4.22. The van der Waals surface area contributed by atoms with Gasteiger partial charge in [0.25, 0.3) is 0 Å². The van der Waals surface area contributed by atoms with Crippen molar-refractivity contribution in [2.75, 3.05) is 11.1 Å². The summed E-state index contributed by atoms with van der Waals surface area (Å²) < 4.78 is 38.6. The van der Waals surface area contributed by atoms with Gasteiger partial charge in [-0.15, -0.1) is 11.3 Å². The first-order valence-electron chi connectivity index (χ1n) is 8.37. The third-order valence-electron chi connectivity index (χ3n) is 3.69. The lowest BCUT2D eigenvalue weighted by molar-refractivity contribution is -0.137. The van der Waals surface area contributed by atoms with Gasteiger partial charge in [0.15, 0.2) is 4.34 Å². The predicted octanol–water partition coefficient (Wildman–Crippen LogP) is 6.06. The van der Waals surface area contributed by atoms with Crippen molar-refractivity contribution < 1.29 is 18.0 Å². The second-order valence-electron chi connectivity index (χ2n) is 6.05. The number of nitrogens with one attached hydrogen (secondary N) is 1. The van der Waals surface area contributed by atoms with Crippen molar-refractivity contribution in [2.45, 2.75) is 34.3 Å². The summed E-state index contributed by atoms with van der Waals surface area (Å²) in [5.41, 5.74) is 1.77. The van der Waals surface area contributed by atoms with E-state index >= 15 is 0 Å². The zero-order valence-corrected chi connectivity index (χ0v) is 17.9. The molecule has 1 N–H and O–H groups in total. The molecule has 10 heteroatoms. The Morgan fingerprint density at radius 2 is 2.00 bits per heavy atom. The van der Waals surface area contributed by atoms with E-state index in [1.807, 2.05) is 37.4 Å². The number of rotatable bonds is 6. The van der Waals surface area contributed by atoms with E-state index < -0.39 is 11.7 Å². The van der Waals surface area contributed by atoms with Crippen LogP contribution in [0.3, 0.4) is 0 Å². The molecule has 0 radical (unpaired) electrons. The standard InChI is InChI=1S/C19H16F3N3OS3/c1-11-7-14(29-18-24-12(2)9-28-18)4-5-15(11)25-16(26)10-27-17-6-3-13(8-23-17)19(20,21)22/h3-9H,10H2,1-2H3,(H,25,26). The van der Waals surface area contributed by atoms with Crippen LogP contribution in [0.4, 0.5) is 18.9 Å². The molecule has 29 heavy (non-hydrogen) atoms. The highest BCUT2D eigenvalue weighted by Crippen LogP contribution is 2.32. The van der Waals surface area contributed by atoms with E-state index in [0.717, 1.165) is 44.5 Å². The van der Waals surface area contributed by atoms with Crippen LogP contribution in [0.25, 0.3) is 0 Å². The summed E-state index contributed by atoms with van der Waals surface area (Å²) in [7, 11) is 0. The highest BCUT2D eigenvalue weighted by molar-refractivity contribution is 8.01. The van der Waals surface area contributed by atoms with Crippen molar-refractivity contribution in [1.29, 1.82) is 0 Å². The van der Waals surface area contributed by atoms with Crippen molar-refractivity contribution in [3.05, 3.63) is 58.7 Å². The number of hydrogen-bond acceptors (Lipinski definition) is 6. The fraction of sp³-hybridized carbons (Fsp3) is 0.211. The van der Waals surface area contributed by atoms with Crippen LogP contribution in [0.15, 0.2) is 56.2 Å². The smallest absolute Gasteiger partial charge is 0.325 e. The number of anilines is 1. The molecule has 152 valence electrons. The molecule has 3 rings (SSSR count). The van der Waals surface area contributed by atoms with E-state index in [9.17, 15) is 18.0 Å². The van der Waals surface area contributed by atoms with Crippen LogP contribution in [0.5, 0.6) is 0 Å². The molecule has 0 aliphatic rings. The number of carbonyl (C=O) groups excluding carboxylic acids is 1. The van der Waals surface area contributed by atoms with Gasteiger partial charge < -0.3 is 5.32 Å². The highest BCUT2D eigenvalue weighted by Gasteiger charge is 2.30. The van der Waals surface area contributed by atoms with Crippen molar-refractivity contribution in [1.82, 2.24) is 9.97 Å². The maximum atomic E-state index is 12.6. The van der Waals surface area contributed by atoms with Crippen molar-refractivity contribution in [3.8, 4) is 0 Å². The monoisotopic (exact) mass is 455 g/mol. The summed E-state index contributed by atoms with van der Waals surface area (Å²) in [6, 6.07) is 7.93. The minimum Gasteiger partial charge on any atom is -0.325 e. The Hall–Kier alpha value is -2.04. The lowest BCUT2D eigenvalue weighted by Crippen LogP contribution is -2.15. The number of aryl methyl sites for hydroxylation is 2. The molecule has 0 aliphatic carbocycles. The maximum absolute atomic E-state index is 12.6. The first kappa shape index (κ1) is 21.7. The molecule has 0 atom stereocenters. The zero-order valence-electron chi connectivity index (χ0n) is 15.4. The summed E-state index contributed by atoms with van der Waals surface area (Å²) in [5.74, 6) is -0.206. The molecule has 3 aromatic rings. The third-order valence-corrected chi connectivity index (χ3v) is 6.68. The lowest BCUT2D eigenvalue weighted by Gasteiger charge is -2.10. The van der Waals surface area contributed by atoms with E-state index in [1.54, 1.807) is 23.1 Å². The number of halogens is 3. The Bertz CT molecular complexity index is 1000. The van der Waals surface area contributed by atoms with Crippen molar-refractivity contribution >= 4 is 46.5 Å². The van der Waals surface area contributed by atoms with Crippen LogP contribution < -0.4 is 5.32 Å². The number of thioether (sulfide) groups is 1. The van der Waals surface area contributed by atoms with Gasteiger partial charge in [0.2, 0.25) is 5.91 Å². The Morgan fingerprint density at radius 3 is 2.59 bits per heavy atom. The lowest BCUT2D eigenvalue weighted by atomic mass is 10.2. The predicted molar refractivity (Wildman–Crippen MR) is 111 cm³/mol. The van der Waals surface area contributed by atoms with Crippen molar-refractivity contribution in [2.24, 2.45) is 0 Å². The number of thiazole rings is 1. The Kier molecular flexibility index (Phi) is 6.86. The maximum Gasteiger partial charge on any atom is 0.417 e. The van der Waals surface area contributed by atoms with Crippen LogP contribution in [0, 0.1) is 13.8 Å². The van der Waals surface area contributed by atoms with E-state index in [-0.39, 0.29) is 11.7 Å². The molecule has 0 bridgehead atoms. The van der Waals surface area contributed by atoms with E-state index in [0.29, 0.717) is 10.7 Å². The fourth-order valence-corrected chi connectivity index (χ4v) is 4.83. The van der Waals surface area contributed by atoms with Crippen LogP contribution in [-0.4, -0.2) is 21.6 Å². The molecule has 0 unspecified atom stereocenters. The number of amides is 1. The molecule has 1 amide bonds. The van der Waals surface area contributed by atoms with Crippen LogP contribution in [-0.2, 0) is 11.0 Å². The highest BCUT2D eigenvalue weighted by atomic mass is 32.2. The van der Waals surface area contributed by atoms with E-state index in [1.165, 1.54) is 6.07 Å². The number of nitrogens with zero attached hydrogens (tertiary/aromatic N) is 2. The van der Waals surface area contributed by atoms with E-state index in [4.69, 9.17) is 0 Å². The Balaban J connectivity index is 1.55. The number of benzene rings is 1. The second-order valence-corrected chi connectivity index (χ2v) is 9.23. The number of aromatic nitrogens is 2. The molecular formula is C19H16F3N3OS3. The first-order valence-corrected chi connectivity index (χ1v) is 11.1. The third kappa shape index (κ3) is 6.22. The second kappa shape index (κ2) is 9.19. The minimum atomic E-state index is -4.42. The van der Waals surface area contributed by atoms with Crippen LogP contribution in [0.2, 0.25) is 0 Å². The average molecular weight is 456 g/mol. The van der Waals surface area contributed by atoms with Crippen LogP contribution in [0.1, 0.15) is 16.8 Å². The quantitative estimate of drug-likeness (QED) is 0.458. The van der Waals surface area contributed by atoms with Gasteiger partial charge >= 0.3 is 6.18 Å². The summed E-state index contributed by atoms with van der Waals surface area (Å²) in [5, 5.41) is 5.17. The van der Waals surface area contributed by atoms with Crippen LogP contribution >= 0.6 is 34.9 Å². The number of pyridine rings is 1. The van der Waals surface area contributed by atoms with Gasteiger partial charge in [-0.1, -0.05) is 23.5 Å². The minimum absolute atomic E-state index is 0.0483. The van der Waals surface area contributed by atoms with E-state index in [2.05, 4.69) is 15.3 Å². The average Bonchev–Trinajstić information content (AvgIpc) is 3.06. The van der Waals surface area contributed by atoms with Gasteiger partial charge in [0.05, 0.1) is 16.3 Å². The van der Waals surface area contributed by atoms with Gasteiger partial charge in [-0.2, -0.15) is 13.2 Å². The molecule has 1 aromatic carbocycles. The topological polar surface area (TPSA) is 54.9 Å². The summed E-state index contributed by atoms with van der Waals surface area (Å²) in [4.78, 5) is 21.4.